The van der Waals surface area contributed by atoms with Crippen molar-refractivity contribution in [3.8, 4) is 27.9 Å². The van der Waals surface area contributed by atoms with Crippen molar-refractivity contribution in [2.75, 3.05) is 0 Å². The first-order valence-corrected chi connectivity index (χ1v) is 12.0. The van der Waals surface area contributed by atoms with E-state index in [-0.39, 0.29) is 0 Å². The average molecular weight is 448 g/mol. The number of para-hydroxylation sites is 4. The smallest absolute Gasteiger partial charge is 0.220 e. The normalized spacial score (nSPS) is 12.5. The molecule has 0 radical (unpaired) electrons. The predicted octanol–water partition coefficient (Wildman–Crippen LogP) is 7.67. The van der Waals surface area contributed by atoms with Crippen LogP contribution in [0.2, 0.25) is 0 Å². The summed E-state index contributed by atoms with van der Waals surface area (Å²) in [6.45, 7) is 0. The van der Waals surface area contributed by atoms with E-state index in [1.54, 1.807) is 0 Å². The molecule has 3 heteroatoms. The fourth-order valence-electron chi connectivity index (χ4n) is 5.79. The summed E-state index contributed by atoms with van der Waals surface area (Å²) in [5.41, 5.74) is 13.6. The third kappa shape index (κ3) is 2.58. The van der Waals surface area contributed by atoms with Crippen LogP contribution < -0.4 is 0 Å². The summed E-state index contributed by atoms with van der Waals surface area (Å²) in [6.07, 6.45) is 1.01. The van der Waals surface area contributed by atoms with Gasteiger partial charge in [-0.3, -0.25) is 8.97 Å². The summed E-state index contributed by atoms with van der Waals surface area (Å²) < 4.78 is 4.61. The largest absolute Gasteiger partial charge is 0.278 e. The van der Waals surface area contributed by atoms with Crippen molar-refractivity contribution in [2.24, 2.45) is 0 Å². The maximum Gasteiger partial charge on any atom is 0.220 e. The van der Waals surface area contributed by atoms with Crippen LogP contribution in [-0.2, 0) is 6.42 Å². The molecule has 0 fully saturated rings. The van der Waals surface area contributed by atoms with Gasteiger partial charge < -0.3 is 0 Å². The number of aromatic nitrogens is 3. The number of imidazole rings is 2. The number of rotatable bonds is 2. The van der Waals surface area contributed by atoms with E-state index in [1.807, 2.05) is 0 Å². The zero-order valence-corrected chi connectivity index (χ0v) is 19.0. The van der Waals surface area contributed by atoms with Crippen molar-refractivity contribution in [1.29, 1.82) is 0 Å². The van der Waals surface area contributed by atoms with Crippen molar-refractivity contribution in [1.82, 2.24) is 14.0 Å². The highest BCUT2D eigenvalue weighted by atomic mass is 15.2. The van der Waals surface area contributed by atoms with Crippen LogP contribution in [0.25, 0.3) is 55.8 Å². The van der Waals surface area contributed by atoms with Crippen molar-refractivity contribution in [2.45, 2.75) is 6.42 Å². The molecular formula is C32H21N3. The number of benzene rings is 5. The molecule has 2 aromatic heterocycles. The fourth-order valence-corrected chi connectivity index (χ4v) is 5.79. The molecule has 35 heavy (non-hydrogen) atoms. The zero-order chi connectivity index (χ0) is 22.9. The second-order valence-corrected chi connectivity index (χ2v) is 9.29. The van der Waals surface area contributed by atoms with Gasteiger partial charge in [0.2, 0.25) is 5.78 Å². The highest BCUT2D eigenvalue weighted by Crippen LogP contribution is 2.41. The lowest BCUT2D eigenvalue weighted by Gasteiger charge is -2.11. The van der Waals surface area contributed by atoms with E-state index in [2.05, 4.69) is 124 Å². The Labute approximate surface area is 202 Å². The average Bonchev–Trinajstić information content (AvgIpc) is 3.57. The molecule has 3 nitrogen and oxygen atoms in total. The molecule has 0 atom stereocenters. The van der Waals surface area contributed by atoms with Gasteiger partial charge >= 0.3 is 0 Å². The molecule has 8 rings (SSSR count). The number of fused-ring (bicyclic) bond motifs is 8. The van der Waals surface area contributed by atoms with Gasteiger partial charge in [0.1, 0.15) is 0 Å². The lowest BCUT2D eigenvalue weighted by Crippen LogP contribution is -1.96. The topological polar surface area (TPSA) is 22.2 Å². The highest BCUT2D eigenvalue weighted by molar-refractivity contribution is 6.00. The van der Waals surface area contributed by atoms with E-state index >= 15 is 0 Å². The SMILES string of the molecule is c1ccc(-n2c3c(-c4ccc5c(c4)-c4ccccc4C5)cccc3n3c4ccccc4nc23)cc1. The molecular weight excluding hydrogens is 426 g/mol. The molecule has 0 saturated heterocycles. The van der Waals surface area contributed by atoms with Crippen LogP contribution in [0, 0.1) is 0 Å². The van der Waals surface area contributed by atoms with Crippen LogP contribution in [0.15, 0.2) is 115 Å². The molecule has 0 unspecified atom stereocenters. The summed E-state index contributed by atoms with van der Waals surface area (Å²) in [5, 5.41) is 0. The van der Waals surface area contributed by atoms with Crippen LogP contribution in [-0.4, -0.2) is 14.0 Å². The third-order valence-electron chi connectivity index (χ3n) is 7.35. The molecule has 1 aliphatic carbocycles. The van der Waals surface area contributed by atoms with E-state index < -0.39 is 0 Å². The quantitative estimate of drug-likeness (QED) is 0.266. The van der Waals surface area contributed by atoms with Gasteiger partial charge in [-0.05, 0) is 70.6 Å². The fraction of sp³-hybridized carbons (Fsp3) is 0.0312. The van der Waals surface area contributed by atoms with Gasteiger partial charge in [0, 0.05) is 11.3 Å². The Hall–Kier alpha value is -4.63. The van der Waals surface area contributed by atoms with Crippen LogP contribution in [0.4, 0.5) is 0 Å². The summed E-state index contributed by atoms with van der Waals surface area (Å²) in [4.78, 5) is 5.08. The van der Waals surface area contributed by atoms with Crippen molar-refractivity contribution >= 4 is 27.8 Å². The Bertz CT molecular complexity index is 1920. The van der Waals surface area contributed by atoms with E-state index in [9.17, 15) is 0 Å². The minimum Gasteiger partial charge on any atom is -0.278 e. The van der Waals surface area contributed by atoms with Crippen LogP contribution in [0.3, 0.4) is 0 Å². The molecule has 0 saturated carbocycles. The second kappa shape index (κ2) is 6.94. The van der Waals surface area contributed by atoms with E-state index in [4.69, 9.17) is 4.98 Å². The maximum absolute atomic E-state index is 5.08. The minimum atomic E-state index is 0.936. The molecule has 1 aliphatic rings. The monoisotopic (exact) mass is 447 g/mol. The molecule has 0 amide bonds. The molecule has 5 aromatic carbocycles. The van der Waals surface area contributed by atoms with E-state index in [0.29, 0.717) is 0 Å². The molecule has 7 aromatic rings. The van der Waals surface area contributed by atoms with E-state index in [1.165, 1.54) is 38.9 Å². The predicted molar refractivity (Wildman–Crippen MR) is 143 cm³/mol. The van der Waals surface area contributed by atoms with Gasteiger partial charge in [0.15, 0.2) is 0 Å². The summed E-state index contributed by atoms with van der Waals surface area (Å²) in [6, 6.07) is 41.3. The molecule has 164 valence electrons. The van der Waals surface area contributed by atoms with Crippen LogP contribution >= 0.6 is 0 Å². The summed E-state index contributed by atoms with van der Waals surface area (Å²) in [7, 11) is 0. The summed E-state index contributed by atoms with van der Waals surface area (Å²) >= 11 is 0. The maximum atomic E-state index is 5.08. The Balaban J connectivity index is 1.48. The van der Waals surface area contributed by atoms with Gasteiger partial charge in [0.05, 0.1) is 22.1 Å². The highest BCUT2D eigenvalue weighted by Gasteiger charge is 2.22. The van der Waals surface area contributed by atoms with Gasteiger partial charge in [-0.15, -0.1) is 0 Å². The van der Waals surface area contributed by atoms with Crippen molar-refractivity contribution < 1.29 is 0 Å². The van der Waals surface area contributed by atoms with Gasteiger partial charge in [-0.1, -0.05) is 78.9 Å². The standard InChI is InChI=1S/C32H21N3/c1-2-10-24(11-3-1)34-31-26(23-18-17-22-19-21-9-4-5-12-25(21)27(22)20-23)13-8-16-30(31)35-29-15-7-6-14-28(29)33-32(34)35/h1-18,20H,19H2. The Morgan fingerprint density at radius 1 is 0.571 bits per heavy atom. The Morgan fingerprint density at radius 3 is 2.26 bits per heavy atom. The molecule has 2 heterocycles. The molecule has 0 N–H and O–H groups in total. The lowest BCUT2D eigenvalue weighted by molar-refractivity contribution is 1.11. The first-order valence-electron chi connectivity index (χ1n) is 12.0. The van der Waals surface area contributed by atoms with Gasteiger partial charge in [-0.2, -0.15) is 0 Å². The number of nitrogens with zero attached hydrogens (tertiary/aromatic N) is 3. The van der Waals surface area contributed by atoms with Crippen molar-refractivity contribution in [3.63, 3.8) is 0 Å². The first-order chi connectivity index (χ1) is 17.4. The van der Waals surface area contributed by atoms with Gasteiger partial charge in [0.25, 0.3) is 0 Å². The van der Waals surface area contributed by atoms with Gasteiger partial charge in [-0.25, -0.2) is 4.98 Å². The van der Waals surface area contributed by atoms with Crippen LogP contribution in [0.1, 0.15) is 11.1 Å². The minimum absolute atomic E-state index is 0.936. The number of hydrogen-bond acceptors (Lipinski definition) is 1. The van der Waals surface area contributed by atoms with E-state index in [0.717, 1.165) is 34.4 Å². The molecule has 0 spiro atoms. The third-order valence-corrected chi connectivity index (χ3v) is 7.35. The summed E-state index contributed by atoms with van der Waals surface area (Å²) in [5.74, 6) is 0.936. The lowest BCUT2D eigenvalue weighted by atomic mass is 9.97. The zero-order valence-electron chi connectivity index (χ0n) is 19.0. The molecule has 0 bridgehead atoms. The second-order valence-electron chi connectivity index (χ2n) is 9.29. The van der Waals surface area contributed by atoms with Crippen molar-refractivity contribution in [3.05, 3.63) is 126 Å². The Morgan fingerprint density at radius 2 is 1.31 bits per heavy atom. The van der Waals surface area contributed by atoms with Crippen LogP contribution in [0.5, 0.6) is 0 Å². The first kappa shape index (κ1) is 18.8. The molecule has 0 aliphatic heterocycles. The number of hydrogen-bond donors (Lipinski definition) is 0. The Kier molecular flexibility index (Phi) is 3.72.